The van der Waals surface area contributed by atoms with Crippen LogP contribution in [0.2, 0.25) is 10.3 Å². The van der Waals surface area contributed by atoms with E-state index in [2.05, 4.69) is 10.3 Å². The molecule has 64 valence electrons. The molecule has 2 rings (SSSR count). The number of nitrogens with one attached hydrogen (secondary N) is 1. The molecule has 1 fully saturated rings. The molecule has 1 aromatic heterocycles. The largest absolute Gasteiger partial charge is 0.310 e. The molecule has 1 aliphatic rings. The third kappa shape index (κ3) is 1.42. The quantitative estimate of drug-likeness (QED) is 0.709. The van der Waals surface area contributed by atoms with Crippen LogP contribution < -0.4 is 5.32 Å². The van der Waals surface area contributed by atoms with Crippen LogP contribution in [0.5, 0.6) is 0 Å². The van der Waals surface area contributed by atoms with Crippen LogP contribution in [0.3, 0.4) is 0 Å². The van der Waals surface area contributed by atoms with Gasteiger partial charge in [0.25, 0.3) is 0 Å². The van der Waals surface area contributed by atoms with Crippen molar-refractivity contribution in [3.05, 3.63) is 28.0 Å². The van der Waals surface area contributed by atoms with Gasteiger partial charge in [0.1, 0.15) is 10.3 Å². The fourth-order valence-electron chi connectivity index (χ4n) is 1.24. The van der Waals surface area contributed by atoms with Crippen LogP contribution in [0.1, 0.15) is 18.0 Å². The minimum Gasteiger partial charge on any atom is -0.310 e. The Hall–Kier alpha value is -0.310. The van der Waals surface area contributed by atoms with E-state index in [1.807, 2.05) is 6.07 Å². The number of nitrogens with zero attached hydrogens (tertiary/aromatic N) is 1. The van der Waals surface area contributed by atoms with Crippen molar-refractivity contribution < 1.29 is 0 Å². The lowest BCUT2D eigenvalue weighted by molar-refractivity contribution is 0.382. The molecule has 1 N–H and O–H groups in total. The molecule has 2 heterocycles. The molecule has 1 atom stereocenters. The molecule has 1 saturated heterocycles. The molecule has 0 amide bonds. The van der Waals surface area contributed by atoms with Gasteiger partial charge in [0, 0.05) is 11.6 Å². The van der Waals surface area contributed by atoms with E-state index < -0.39 is 0 Å². The fraction of sp³-hybridized carbons (Fsp3) is 0.375. The van der Waals surface area contributed by atoms with Gasteiger partial charge in [-0.3, -0.25) is 0 Å². The van der Waals surface area contributed by atoms with E-state index >= 15 is 0 Å². The molecule has 2 nitrogen and oxygen atoms in total. The molecule has 0 saturated carbocycles. The van der Waals surface area contributed by atoms with Crippen LogP contribution >= 0.6 is 23.2 Å². The van der Waals surface area contributed by atoms with E-state index in [1.54, 1.807) is 6.07 Å². The third-order valence-corrected chi connectivity index (χ3v) is 2.56. The predicted molar refractivity (Wildman–Crippen MR) is 49.6 cm³/mol. The number of hydrogen-bond donors (Lipinski definition) is 1. The molecular formula is C8H8Cl2N2. The fourth-order valence-corrected chi connectivity index (χ4v) is 1.71. The topological polar surface area (TPSA) is 24.9 Å². The highest BCUT2D eigenvalue weighted by Crippen LogP contribution is 2.28. The van der Waals surface area contributed by atoms with Gasteiger partial charge in [-0.05, 0) is 19.0 Å². The number of rotatable bonds is 1. The van der Waals surface area contributed by atoms with Gasteiger partial charge < -0.3 is 5.32 Å². The van der Waals surface area contributed by atoms with Crippen molar-refractivity contribution in [2.24, 2.45) is 0 Å². The molecule has 1 unspecified atom stereocenters. The summed E-state index contributed by atoms with van der Waals surface area (Å²) in [4.78, 5) is 3.97. The summed E-state index contributed by atoms with van der Waals surface area (Å²) in [7, 11) is 0. The minimum atomic E-state index is 0.377. The van der Waals surface area contributed by atoms with Crippen LogP contribution in [0.25, 0.3) is 0 Å². The zero-order chi connectivity index (χ0) is 8.55. The monoisotopic (exact) mass is 202 g/mol. The Balaban J connectivity index is 2.31. The normalized spacial score (nSPS) is 22.0. The summed E-state index contributed by atoms with van der Waals surface area (Å²) in [6.07, 6.45) is 1.13. The van der Waals surface area contributed by atoms with Crippen molar-refractivity contribution in [1.82, 2.24) is 10.3 Å². The molecule has 0 radical (unpaired) electrons. The van der Waals surface area contributed by atoms with Crippen molar-refractivity contribution in [1.29, 1.82) is 0 Å². The van der Waals surface area contributed by atoms with Gasteiger partial charge in [0.05, 0.1) is 0 Å². The minimum absolute atomic E-state index is 0.377. The SMILES string of the molecule is Clc1ccc(C2CCN2)c(Cl)n1. The van der Waals surface area contributed by atoms with Crippen molar-refractivity contribution in [2.45, 2.75) is 12.5 Å². The van der Waals surface area contributed by atoms with Gasteiger partial charge in [-0.15, -0.1) is 0 Å². The summed E-state index contributed by atoms with van der Waals surface area (Å²) in [6.45, 7) is 1.06. The van der Waals surface area contributed by atoms with Crippen molar-refractivity contribution in [2.75, 3.05) is 6.54 Å². The Morgan fingerprint density at radius 1 is 1.42 bits per heavy atom. The van der Waals surface area contributed by atoms with Crippen LogP contribution in [-0.2, 0) is 0 Å². The number of aromatic nitrogens is 1. The Labute approximate surface area is 80.9 Å². The maximum Gasteiger partial charge on any atom is 0.135 e. The number of pyridine rings is 1. The molecular weight excluding hydrogens is 195 g/mol. The molecule has 0 aromatic carbocycles. The molecule has 1 aromatic rings. The van der Waals surface area contributed by atoms with Gasteiger partial charge in [-0.25, -0.2) is 4.98 Å². The summed E-state index contributed by atoms with van der Waals surface area (Å²) >= 11 is 11.6. The zero-order valence-corrected chi connectivity index (χ0v) is 7.86. The first-order valence-corrected chi connectivity index (χ1v) is 4.58. The Morgan fingerprint density at radius 2 is 2.17 bits per heavy atom. The lowest BCUT2D eigenvalue weighted by atomic mass is 10.00. The van der Waals surface area contributed by atoms with Crippen molar-refractivity contribution in [3.63, 3.8) is 0 Å². The van der Waals surface area contributed by atoms with Crippen LogP contribution in [0.4, 0.5) is 0 Å². The highest BCUT2D eigenvalue weighted by Gasteiger charge is 2.21. The van der Waals surface area contributed by atoms with E-state index in [9.17, 15) is 0 Å². The Morgan fingerprint density at radius 3 is 2.67 bits per heavy atom. The smallest absolute Gasteiger partial charge is 0.135 e. The average Bonchev–Trinajstić information content (AvgIpc) is 1.91. The molecule has 1 aliphatic heterocycles. The van der Waals surface area contributed by atoms with E-state index in [0.29, 0.717) is 16.3 Å². The van der Waals surface area contributed by atoms with Gasteiger partial charge in [-0.2, -0.15) is 0 Å². The van der Waals surface area contributed by atoms with Crippen LogP contribution in [-0.4, -0.2) is 11.5 Å². The maximum absolute atomic E-state index is 5.90. The summed E-state index contributed by atoms with van der Waals surface area (Å²) in [6, 6.07) is 4.07. The van der Waals surface area contributed by atoms with Gasteiger partial charge in [-0.1, -0.05) is 29.3 Å². The van der Waals surface area contributed by atoms with Crippen molar-refractivity contribution in [3.8, 4) is 0 Å². The number of hydrogen-bond acceptors (Lipinski definition) is 2. The summed E-state index contributed by atoms with van der Waals surface area (Å²) in [5.41, 5.74) is 1.05. The first-order chi connectivity index (χ1) is 5.77. The van der Waals surface area contributed by atoms with Crippen molar-refractivity contribution >= 4 is 23.2 Å². The van der Waals surface area contributed by atoms with Crippen LogP contribution in [0.15, 0.2) is 12.1 Å². The summed E-state index contributed by atoms with van der Waals surface area (Å²) in [5.74, 6) is 0. The van der Waals surface area contributed by atoms with Gasteiger partial charge in [0.2, 0.25) is 0 Å². The second-order valence-electron chi connectivity index (χ2n) is 2.81. The summed E-state index contributed by atoms with van der Waals surface area (Å²) < 4.78 is 0. The first kappa shape index (κ1) is 8.30. The Bertz CT molecular complexity index is 297. The average molecular weight is 203 g/mol. The van der Waals surface area contributed by atoms with E-state index in [4.69, 9.17) is 23.2 Å². The van der Waals surface area contributed by atoms with Crippen LogP contribution in [0, 0.1) is 0 Å². The van der Waals surface area contributed by atoms with E-state index in [1.165, 1.54) is 0 Å². The predicted octanol–water partition coefficient (Wildman–Crippen LogP) is 2.42. The lowest BCUT2D eigenvalue weighted by Crippen LogP contribution is -2.35. The lowest BCUT2D eigenvalue weighted by Gasteiger charge is -2.28. The van der Waals surface area contributed by atoms with E-state index in [-0.39, 0.29) is 0 Å². The second-order valence-corrected chi connectivity index (χ2v) is 3.55. The Kier molecular flexibility index (Phi) is 2.22. The molecule has 12 heavy (non-hydrogen) atoms. The highest BCUT2D eigenvalue weighted by atomic mass is 35.5. The molecule has 0 aliphatic carbocycles. The van der Waals surface area contributed by atoms with Gasteiger partial charge >= 0.3 is 0 Å². The maximum atomic E-state index is 5.90. The van der Waals surface area contributed by atoms with E-state index in [0.717, 1.165) is 18.5 Å². The third-order valence-electron chi connectivity index (χ3n) is 2.04. The summed E-state index contributed by atoms with van der Waals surface area (Å²) in [5, 5.41) is 4.22. The number of halogens is 2. The first-order valence-electron chi connectivity index (χ1n) is 3.83. The zero-order valence-electron chi connectivity index (χ0n) is 6.35. The standard InChI is InChI=1S/C8H8Cl2N2/c9-7-2-1-5(8(10)12-7)6-3-4-11-6/h1-2,6,11H,3-4H2. The highest BCUT2D eigenvalue weighted by molar-refractivity contribution is 6.32. The molecule has 4 heteroatoms. The second kappa shape index (κ2) is 3.21. The molecule has 0 spiro atoms. The van der Waals surface area contributed by atoms with Gasteiger partial charge in [0.15, 0.2) is 0 Å². The molecule has 0 bridgehead atoms.